The fourth-order valence-corrected chi connectivity index (χ4v) is 1.63. The van der Waals surface area contributed by atoms with Gasteiger partial charge in [-0.3, -0.25) is 0 Å². The average molecular weight is 243 g/mol. The van der Waals surface area contributed by atoms with Gasteiger partial charge in [-0.1, -0.05) is 5.16 Å². The molecule has 0 aromatic carbocycles. The lowest BCUT2D eigenvalue weighted by atomic mass is 10.2. The van der Waals surface area contributed by atoms with Crippen molar-refractivity contribution in [2.75, 3.05) is 11.1 Å². The van der Waals surface area contributed by atoms with Gasteiger partial charge in [0, 0.05) is 12.1 Å². The molecule has 0 saturated carbocycles. The fourth-order valence-electron chi connectivity index (χ4n) is 1.63. The number of nitriles is 1. The van der Waals surface area contributed by atoms with Gasteiger partial charge in [0.05, 0.1) is 23.1 Å². The Morgan fingerprint density at radius 2 is 2.28 bits per heavy atom. The highest BCUT2D eigenvalue weighted by Crippen LogP contribution is 2.17. The Bertz CT molecular complexity index is 592. The Balaban J connectivity index is 2.19. The quantitative estimate of drug-likeness (QED) is 0.851. The van der Waals surface area contributed by atoms with E-state index < -0.39 is 0 Å². The van der Waals surface area contributed by atoms with Gasteiger partial charge in [-0.2, -0.15) is 5.26 Å². The molecule has 2 heterocycles. The number of hydrogen-bond donors (Lipinski definition) is 2. The summed E-state index contributed by atoms with van der Waals surface area (Å²) in [5.41, 5.74) is 8.26. The molecular formula is C12H13N5O. The molecule has 6 nitrogen and oxygen atoms in total. The maximum atomic E-state index is 8.99. The second kappa shape index (κ2) is 4.75. The second-order valence-electron chi connectivity index (χ2n) is 3.93. The van der Waals surface area contributed by atoms with Crippen LogP contribution in [0.5, 0.6) is 0 Å². The van der Waals surface area contributed by atoms with Crippen LogP contribution in [-0.4, -0.2) is 10.1 Å². The fraction of sp³-hybridized carbons (Fsp3) is 0.250. The first kappa shape index (κ1) is 11.9. The lowest BCUT2D eigenvalue weighted by Gasteiger charge is -2.07. The second-order valence-corrected chi connectivity index (χ2v) is 3.93. The lowest BCUT2D eigenvalue weighted by Crippen LogP contribution is -2.05. The van der Waals surface area contributed by atoms with Crippen molar-refractivity contribution in [3.8, 4) is 6.07 Å². The molecule has 0 bridgehead atoms. The van der Waals surface area contributed by atoms with E-state index in [2.05, 4.69) is 21.5 Å². The van der Waals surface area contributed by atoms with Gasteiger partial charge in [0.1, 0.15) is 17.6 Å². The highest BCUT2D eigenvalue weighted by Gasteiger charge is 2.10. The Kier molecular flexibility index (Phi) is 3.15. The maximum Gasteiger partial charge on any atom is 0.144 e. The van der Waals surface area contributed by atoms with Gasteiger partial charge < -0.3 is 15.6 Å². The highest BCUT2D eigenvalue weighted by atomic mass is 16.5. The number of nitrogens with one attached hydrogen (secondary N) is 1. The number of nitrogen functional groups attached to an aromatic ring is 1. The zero-order valence-corrected chi connectivity index (χ0v) is 10.2. The molecule has 2 aromatic heterocycles. The van der Waals surface area contributed by atoms with Gasteiger partial charge in [-0.25, -0.2) is 4.98 Å². The van der Waals surface area contributed by atoms with Crippen LogP contribution in [0.25, 0.3) is 0 Å². The predicted octanol–water partition coefficient (Wildman–Crippen LogP) is 1.75. The Morgan fingerprint density at radius 3 is 2.89 bits per heavy atom. The lowest BCUT2D eigenvalue weighted by molar-refractivity contribution is 0.392. The molecule has 0 fully saturated rings. The summed E-state index contributed by atoms with van der Waals surface area (Å²) in [5.74, 6) is 1.26. The van der Waals surface area contributed by atoms with Crippen LogP contribution < -0.4 is 11.1 Å². The average Bonchev–Trinajstić information content (AvgIpc) is 2.68. The molecular weight excluding hydrogens is 230 g/mol. The van der Waals surface area contributed by atoms with Crippen LogP contribution in [0.15, 0.2) is 16.8 Å². The zero-order valence-electron chi connectivity index (χ0n) is 10.2. The van der Waals surface area contributed by atoms with Crippen LogP contribution in [0, 0.1) is 25.2 Å². The molecule has 6 heteroatoms. The van der Waals surface area contributed by atoms with E-state index in [9.17, 15) is 0 Å². The van der Waals surface area contributed by atoms with Crippen LogP contribution in [0.2, 0.25) is 0 Å². The van der Waals surface area contributed by atoms with E-state index in [4.69, 9.17) is 15.5 Å². The summed E-state index contributed by atoms with van der Waals surface area (Å²) in [4.78, 5) is 4.10. The SMILES string of the molecule is Cc1noc(C)c1CNc1ncc(N)cc1C#N. The molecule has 0 aliphatic rings. The normalized spacial score (nSPS) is 10.1. The van der Waals surface area contributed by atoms with Crippen molar-refractivity contribution in [1.29, 1.82) is 5.26 Å². The van der Waals surface area contributed by atoms with E-state index in [0.717, 1.165) is 17.0 Å². The maximum absolute atomic E-state index is 8.99. The first-order valence-corrected chi connectivity index (χ1v) is 5.43. The van der Waals surface area contributed by atoms with Crippen LogP contribution in [0.1, 0.15) is 22.6 Å². The standard InChI is InChI=1S/C12H13N5O/c1-7-11(8(2)18-17-7)6-16-12-9(4-13)3-10(14)5-15-12/h3,5H,6,14H2,1-2H3,(H,15,16). The van der Waals surface area contributed by atoms with Gasteiger partial charge in [0.2, 0.25) is 0 Å². The number of hydrogen-bond acceptors (Lipinski definition) is 6. The predicted molar refractivity (Wildman–Crippen MR) is 66.7 cm³/mol. The molecule has 0 aliphatic carbocycles. The zero-order chi connectivity index (χ0) is 13.1. The minimum atomic E-state index is 0.418. The Morgan fingerprint density at radius 1 is 1.50 bits per heavy atom. The van der Waals surface area contributed by atoms with E-state index in [1.807, 2.05) is 13.8 Å². The number of anilines is 2. The van der Waals surface area contributed by atoms with Crippen molar-refractivity contribution in [3.05, 3.63) is 34.8 Å². The molecule has 92 valence electrons. The number of aromatic nitrogens is 2. The Labute approximate surface area is 104 Å². The molecule has 18 heavy (non-hydrogen) atoms. The summed E-state index contributed by atoms with van der Waals surface area (Å²) in [6.45, 7) is 4.22. The first-order chi connectivity index (χ1) is 8.61. The molecule has 0 amide bonds. The molecule has 0 unspecified atom stereocenters. The smallest absolute Gasteiger partial charge is 0.144 e. The number of aryl methyl sites for hydroxylation is 2. The van der Waals surface area contributed by atoms with Gasteiger partial charge in [0.15, 0.2) is 0 Å². The van der Waals surface area contributed by atoms with E-state index in [0.29, 0.717) is 23.6 Å². The molecule has 0 aliphatic heterocycles. The van der Waals surface area contributed by atoms with Crippen molar-refractivity contribution in [2.24, 2.45) is 0 Å². The van der Waals surface area contributed by atoms with Crippen LogP contribution in [0.4, 0.5) is 11.5 Å². The molecule has 0 saturated heterocycles. The van der Waals surface area contributed by atoms with Crippen molar-refractivity contribution in [1.82, 2.24) is 10.1 Å². The third-order valence-corrected chi connectivity index (χ3v) is 2.64. The van der Waals surface area contributed by atoms with E-state index in [-0.39, 0.29) is 0 Å². The van der Waals surface area contributed by atoms with E-state index in [1.54, 1.807) is 6.07 Å². The molecule has 0 spiro atoms. The number of nitrogens with zero attached hydrogens (tertiary/aromatic N) is 3. The molecule has 2 rings (SSSR count). The largest absolute Gasteiger partial charge is 0.397 e. The minimum Gasteiger partial charge on any atom is -0.397 e. The topological polar surface area (TPSA) is 101 Å². The summed E-state index contributed by atoms with van der Waals surface area (Å²) < 4.78 is 5.06. The summed E-state index contributed by atoms with van der Waals surface area (Å²) in [5, 5.41) is 15.9. The van der Waals surface area contributed by atoms with E-state index >= 15 is 0 Å². The van der Waals surface area contributed by atoms with Gasteiger partial charge in [0.25, 0.3) is 0 Å². The third-order valence-electron chi connectivity index (χ3n) is 2.64. The van der Waals surface area contributed by atoms with Crippen LogP contribution in [-0.2, 0) is 6.54 Å². The van der Waals surface area contributed by atoms with Crippen LogP contribution in [0.3, 0.4) is 0 Å². The van der Waals surface area contributed by atoms with Gasteiger partial charge in [-0.15, -0.1) is 0 Å². The summed E-state index contributed by atoms with van der Waals surface area (Å²) in [6.07, 6.45) is 1.51. The number of pyridine rings is 1. The van der Waals surface area contributed by atoms with Crippen LogP contribution >= 0.6 is 0 Å². The molecule has 0 atom stereocenters. The van der Waals surface area contributed by atoms with E-state index in [1.165, 1.54) is 6.20 Å². The molecule has 3 N–H and O–H groups in total. The minimum absolute atomic E-state index is 0.418. The number of rotatable bonds is 3. The summed E-state index contributed by atoms with van der Waals surface area (Å²) in [6, 6.07) is 3.64. The highest BCUT2D eigenvalue weighted by molar-refractivity contribution is 5.57. The van der Waals surface area contributed by atoms with Crippen molar-refractivity contribution in [2.45, 2.75) is 20.4 Å². The summed E-state index contributed by atoms with van der Waals surface area (Å²) in [7, 11) is 0. The van der Waals surface area contributed by atoms with Crippen molar-refractivity contribution >= 4 is 11.5 Å². The monoisotopic (exact) mass is 243 g/mol. The molecule has 0 radical (unpaired) electrons. The Hall–Kier alpha value is -2.55. The van der Waals surface area contributed by atoms with Gasteiger partial charge in [-0.05, 0) is 19.9 Å². The van der Waals surface area contributed by atoms with Crippen molar-refractivity contribution < 1.29 is 4.52 Å². The number of nitrogens with two attached hydrogens (primary N) is 1. The third kappa shape index (κ3) is 2.25. The molecule has 2 aromatic rings. The van der Waals surface area contributed by atoms with Crippen molar-refractivity contribution in [3.63, 3.8) is 0 Å². The summed E-state index contributed by atoms with van der Waals surface area (Å²) >= 11 is 0. The first-order valence-electron chi connectivity index (χ1n) is 5.43. The van der Waals surface area contributed by atoms with Gasteiger partial charge >= 0.3 is 0 Å².